The molecule has 0 saturated carbocycles. The molecule has 7 nitrogen and oxygen atoms in total. The number of carboxylic acid groups (broad SMARTS) is 1. The Balaban J connectivity index is 2.03. The maximum Gasteiger partial charge on any atom is 0.332 e. The Morgan fingerprint density at radius 3 is 2.75 bits per heavy atom. The summed E-state index contributed by atoms with van der Waals surface area (Å²) in [6.07, 6.45) is 0.138. The fraction of sp³-hybridized carbons (Fsp3) is 0.692. The van der Waals surface area contributed by atoms with Crippen LogP contribution in [0.1, 0.15) is 19.8 Å². The van der Waals surface area contributed by atoms with Gasteiger partial charge in [-0.2, -0.15) is 0 Å². The van der Waals surface area contributed by atoms with Crippen LogP contribution < -0.4 is 10.6 Å². The third-order valence-corrected chi connectivity index (χ3v) is 2.75. The summed E-state index contributed by atoms with van der Waals surface area (Å²) in [6.45, 7) is 7.18. The predicted molar refractivity (Wildman–Crippen MR) is 72.6 cm³/mol. The van der Waals surface area contributed by atoms with Gasteiger partial charge in [0.05, 0.1) is 19.3 Å². The Hall–Kier alpha value is -1.60. The van der Waals surface area contributed by atoms with Crippen LogP contribution in [0.25, 0.3) is 0 Å². The van der Waals surface area contributed by atoms with E-state index in [0.717, 1.165) is 5.57 Å². The van der Waals surface area contributed by atoms with Crippen molar-refractivity contribution in [3.05, 3.63) is 12.2 Å². The van der Waals surface area contributed by atoms with Gasteiger partial charge in [-0.05, 0) is 19.8 Å². The van der Waals surface area contributed by atoms with E-state index in [1.54, 1.807) is 0 Å². The molecule has 2 atom stereocenters. The maximum absolute atomic E-state index is 11.4. The summed E-state index contributed by atoms with van der Waals surface area (Å²) in [7, 11) is 0. The lowest BCUT2D eigenvalue weighted by atomic mass is 10.2. The van der Waals surface area contributed by atoms with Gasteiger partial charge in [-0.25, -0.2) is 9.59 Å². The molecule has 1 fully saturated rings. The molecule has 0 aromatic rings. The summed E-state index contributed by atoms with van der Waals surface area (Å²) in [5.74, 6) is -0.952. The lowest BCUT2D eigenvalue weighted by molar-refractivity contribution is -0.149. The Morgan fingerprint density at radius 2 is 2.15 bits per heavy atom. The second-order valence-corrected chi connectivity index (χ2v) is 4.81. The summed E-state index contributed by atoms with van der Waals surface area (Å²) in [5.41, 5.74) is 0.931. The molecule has 0 aromatic heterocycles. The molecule has 7 heteroatoms. The molecular weight excluding hydrogens is 264 g/mol. The average molecular weight is 286 g/mol. The summed E-state index contributed by atoms with van der Waals surface area (Å²) in [4.78, 5) is 22.1. The highest BCUT2D eigenvalue weighted by atomic mass is 16.5. The van der Waals surface area contributed by atoms with E-state index in [1.165, 1.54) is 0 Å². The van der Waals surface area contributed by atoms with Gasteiger partial charge < -0.3 is 25.2 Å². The molecule has 2 amide bonds. The van der Waals surface area contributed by atoms with Gasteiger partial charge >= 0.3 is 12.0 Å². The molecule has 1 aliphatic heterocycles. The smallest absolute Gasteiger partial charge is 0.332 e. The van der Waals surface area contributed by atoms with Gasteiger partial charge in [-0.1, -0.05) is 12.2 Å². The first-order valence-corrected chi connectivity index (χ1v) is 6.61. The summed E-state index contributed by atoms with van der Waals surface area (Å²) in [5, 5.41) is 14.0. The van der Waals surface area contributed by atoms with Crippen molar-refractivity contribution in [1.29, 1.82) is 0 Å². The summed E-state index contributed by atoms with van der Waals surface area (Å²) >= 11 is 0. The van der Waals surface area contributed by atoms with Crippen LogP contribution in [0.3, 0.4) is 0 Å². The monoisotopic (exact) mass is 286 g/mol. The van der Waals surface area contributed by atoms with E-state index < -0.39 is 12.1 Å². The number of rotatable bonds is 8. The highest BCUT2D eigenvalue weighted by molar-refractivity contribution is 5.74. The van der Waals surface area contributed by atoms with Gasteiger partial charge in [0.2, 0.25) is 0 Å². The zero-order valence-corrected chi connectivity index (χ0v) is 11.7. The normalized spacial score (nSPS) is 21.4. The molecule has 0 bridgehead atoms. The lowest BCUT2D eigenvalue weighted by Gasteiger charge is -2.13. The van der Waals surface area contributed by atoms with Crippen molar-refractivity contribution < 1.29 is 24.2 Å². The molecule has 1 heterocycles. The highest BCUT2D eigenvalue weighted by Crippen LogP contribution is 2.18. The number of aliphatic carboxylic acids is 1. The summed E-state index contributed by atoms with van der Waals surface area (Å²) in [6, 6.07) is -0.314. The van der Waals surface area contributed by atoms with E-state index in [9.17, 15) is 9.59 Å². The molecule has 0 aromatic carbocycles. The number of hydrogen-bond donors (Lipinski definition) is 3. The predicted octanol–water partition coefficient (Wildman–Crippen LogP) is 0.511. The number of carbonyl (C=O) groups excluding carboxylic acids is 1. The van der Waals surface area contributed by atoms with Crippen molar-refractivity contribution in [2.75, 3.05) is 26.3 Å². The number of urea groups is 1. The van der Waals surface area contributed by atoms with E-state index in [2.05, 4.69) is 17.2 Å². The molecule has 1 aliphatic rings. The first-order valence-electron chi connectivity index (χ1n) is 6.61. The number of nitrogens with one attached hydrogen (secondary N) is 2. The third-order valence-electron chi connectivity index (χ3n) is 2.75. The SMILES string of the molecule is C=C(C)COCCNC(=O)NCC1CCC(C(=O)O)O1. The van der Waals surface area contributed by atoms with Gasteiger partial charge in [0.1, 0.15) is 0 Å². The molecule has 2 unspecified atom stereocenters. The minimum absolute atomic E-state index is 0.235. The van der Waals surface area contributed by atoms with E-state index in [1.807, 2.05) is 6.92 Å². The first kappa shape index (κ1) is 16.5. The van der Waals surface area contributed by atoms with E-state index >= 15 is 0 Å². The van der Waals surface area contributed by atoms with Crippen LogP contribution in [0.2, 0.25) is 0 Å². The van der Waals surface area contributed by atoms with Crippen LogP contribution >= 0.6 is 0 Å². The van der Waals surface area contributed by atoms with E-state index in [-0.39, 0.29) is 12.1 Å². The number of ether oxygens (including phenoxy) is 2. The molecule has 0 radical (unpaired) electrons. The second-order valence-electron chi connectivity index (χ2n) is 4.81. The Bertz CT molecular complexity index is 359. The Kier molecular flexibility index (Phi) is 7.03. The molecule has 1 rings (SSSR count). The van der Waals surface area contributed by atoms with Crippen LogP contribution in [-0.4, -0.2) is 55.6 Å². The highest BCUT2D eigenvalue weighted by Gasteiger charge is 2.30. The minimum Gasteiger partial charge on any atom is -0.479 e. The molecule has 1 saturated heterocycles. The van der Waals surface area contributed by atoms with E-state index in [0.29, 0.717) is 39.1 Å². The molecule has 114 valence electrons. The second kappa shape index (κ2) is 8.55. The van der Waals surface area contributed by atoms with Crippen molar-refractivity contribution in [1.82, 2.24) is 10.6 Å². The summed E-state index contributed by atoms with van der Waals surface area (Å²) < 4.78 is 10.5. The van der Waals surface area contributed by atoms with Crippen molar-refractivity contribution in [2.24, 2.45) is 0 Å². The fourth-order valence-corrected chi connectivity index (χ4v) is 1.79. The Morgan fingerprint density at radius 1 is 1.40 bits per heavy atom. The topological polar surface area (TPSA) is 96.9 Å². The zero-order chi connectivity index (χ0) is 15.0. The number of hydrogen-bond acceptors (Lipinski definition) is 4. The lowest BCUT2D eigenvalue weighted by Crippen LogP contribution is -2.41. The standard InChI is InChI=1S/C13H22N2O5/c1-9(2)8-19-6-5-14-13(18)15-7-10-3-4-11(20-10)12(16)17/h10-11H,1,3-8H2,2H3,(H,16,17)(H2,14,15,18). The van der Waals surface area contributed by atoms with Crippen LogP contribution in [0.5, 0.6) is 0 Å². The quantitative estimate of drug-likeness (QED) is 0.446. The molecule has 0 aliphatic carbocycles. The van der Waals surface area contributed by atoms with Crippen LogP contribution in [0, 0.1) is 0 Å². The van der Waals surface area contributed by atoms with Gasteiger partial charge in [0.15, 0.2) is 6.10 Å². The van der Waals surface area contributed by atoms with Gasteiger partial charge in [0, 0.05) is 13.1 Å². The minimum atomic E-state index is -0.952. The number of amides is 2. The average Bonchev–Trinajstić information content (AvgIpc) is 2.84. The maximum atomic E-state index is 11.4. The molecule has 20 heavy (non-hydrogen) atoms. The Labute approximate surface area is 118 Å². The van der Waals surface area contributed by atoms with Crippen LogP contribution in [0.4, 0.5) is 4.79 Å². The first-order chi connectivity index (χ1) is 9.49. The van der Waals surface area contributed by atoms with Gasteiger partial charge in [0.25, 0.3) is 0 Å². The van der Waals surface area contributed by atoms with Crippen molar-refractivity contribution in [2.45, 2.75) is 32.0 Å². The van der Waals surface area contributed by atoms with Crippen molar-refractivity contribution >= 4 is 12.0 Å². The molecular formula is C13H22N2O5. The largest absolute Gasteiger partial charge is 0.479 e. The zero-order valence-electron chi connectivity index (χ0n) is 11.7. The number of carbonyl (C=O) groups is 2. The fourth-order valence-electron chi connectivity index (χ4n) is 1.79. The van der Waals surface area contributed by atoms with E-state index in [4.69, 9.17) is 14.6 Å². The number of carboxylic acids is 1. The van der Waals surface area contributed by atoms with Crippen molar-refractivity contribution in [3.8, 4) is 0 Å². The van der Waals surface area contributed by atoms with Crippen LogP contribution in [0.15, 0.2) is 12.2 Å². The molecule has 3 N–H and O–H groups in total. The van der Waals surface area contributed by atoms with Crippen molar-refractivity contribution in [3.63, 3.8) is 0 Å². The van der Waals surface area contributed by atoms with Gasteiger partial charge in [-0.3, -0.25) is 0 Å². The molecule has 0 spiro atoms. The van der Waals surface area contributed by atoms with Crippen LogP contribution in [-0.2, 0) is 14.3 Å². The third kappa shape index (κ3) is 6.53. The van der Waals surface area contributed by atoms with Gasteiger partial charge in [-0.15, -0.1) is 0 Å².